The summed E-state index contributed by atoms with van der Waals surface area (Å²) in [6, 6.07) is 10.2. The van der Waals surface area contributed by atoms with Crippen LogP contribution >= 0.6 is 0 Å². The number of aromatic nitrogens is 2. The molecule has 19 heavy (non-hydrogen) atoms. The molecule has 3 rings (SSSR count). The number of fused-ring (bicyclic) bond motifs is 1. The molecule has 0 spiro atoms. The Balaban J connectivity index is 1.99. The molecular weight excluding hydrogens is 248 g/mol. The van der Waals surface area contributed by atoms with Gasteiger partial charge >= 0.3 is 12.0 Å². The molecule has 1 N–H and O–H groups in total. The Labute approximate surface area is 107 Å². The second kappa shape index (κ2) is 4.41. The molecular formula is C13H8N2O4. The van der Waals surface area contributed by atoms with Crippen LogP contribution in [0.5, 0.6) is 11.8 Å². The Morgan fingerprint density at radius 3 is 2.84 bits per heavy atom. The van der Waals surface area contributed by atoms with Gasteiger partial charge in [-0.1, -0.05) is 12.1 Å². The van der Waals surface area contributed by atoms with Gasteiger partial charge in [-0.3, -0.25) is 0 Å². The first-order valence-corrected chi connectivity index (χ1v) is 5.46. The molecule has 1 aromatic carbocycles. The maximum atomic E-state index is 11.0. The molecule has 0 saturated carbocycles. The monoisotopic (exact) mass is 256 g/mol. The Kier molecular flexibility index (Phi) is 2.60. The lowest BCUT2D eigenvalue weighted by atomic mass is 10.3. The van der Waals surface area contributed by atoms with Gasteiger partial charge in [0.25, 0.3) is 0 Å². The van der Waals surface area contributed by atoms with Crippen molar-refractivity contribution >= 4 is 17.1 Å². The largest absolute Gasteiger partial charge is 0.476 e. The van der Waals surface area contributed by atoms with E-state index in [1.54, 1.807) is 18.2 Å². The quantitative estimate of drug-likeness (QED) is 0.775. The molecule has 3 aromatic rings. The first-order chi connectivity index (χ1) is 9.24. The average molecular weight is 256 g/mol. The number of carboxylic acids is 1. The zero-order valence-electron chi connectivity index (χ0n) is 9.61. The van der Waals surface area contributed by atoms with E-state index in [-0.39, 0.29) is 17.5 Å². The number of rotatable bonds is 3. The molecule has 0 aliphatic rings. The summed E-state index contributed by atoms with van der Waals surface area (Å²) in [7, 11) is 0. The highest BCUT2D eigenvalue weighted by Gasteiger charge is 2.15. The van der Waals surface area contributed by atoms with E-state index in [4.69, 9.17) is 14.3 Å². The van der Waals surface area contributed by atoms with Gasteiger partial charge in [0.15, 0.2) is 17.0 Å². The van der Waals surface area contributed by atoms with Gasteiger partial charge < -0.3 is 14.3 Å². The number of hydrogen-bond donors (Lipinski definition) is 1. The zero-order chi connectivity index (χ0) is 13.2. The van der Waals surface area contributed by atoms with Gasteiger partial charge in [-0.15, -0.1) is 0 Å². The van der Waals surface area contributed by atoms with Crippen LogP contribution < -0.4 is 4.74 Å². The Morgan fingerprint density at radius 1 is 1.21 bits per heavy atom. The number of benzene rings is 1. The highest BCUT2D eigenvalue weighted by molar-refractivity contribution is 5.88. The van der Waals surface area contributed by atoms with Crippen molar-refractivity contribution in [1.29, 1.82) is 0 Å². The summed E-state index contributed by atoms with van der Waals surface area (Å²) in [4.78, 5) is 18.8. The third kappa shape index (κ3) is 2.11. The number of ether oxygens (including phenoxy) is 1. The van der Waals surface area contributed by atoms with Crippen molar-refractivity contribution in [2.45, 2.75) is 0 Å². The zero-order valence-corrected chi connectivity index (χ0v) is 9.61. The molecule has 0 unspecified atom stereocenters. The van der Waals surface area contributed by atoms with Crippen molar-refractivity contribution < 1.29 is 19.1 Å². The van der Waals surface area contributed by atoms with E-state index in [0.29, 0.717) is 11.1 Å². The van der Waals surface area contributed by atoms with E-state index < -0.39 is 5.97 Å². The Hall–Kier alpha value is -2.89. The summed E-state index contributed by atoms with van der Waals surface area (Å²) in [6.07, 6.45) is 1.36. The van der Waals surface area contributed by atoms with E-state index >= 15 is 0 Å². The molecule has 0 atom stereocenters. The first kappa shape index (κ1) is 11.2. The van der Waals surface area contributed by atoms with Gasteiger partial charge in [0.1, 0.15) is 5.52 Å². The molecule has 2 heterocycles. The van der Waals surface area contributed by atoms with Gasteiger partial charge in [0.05, 0.1) is 0 Å². The van der Waals surface area contributed by atoms with Gasteiger partial charge in [0.2, 0.25) is 0 Å². The second-order valence-electron chi connectivity index (χ2n) is 3.70. The van der Waals surface area contributed by atoms with E-state index in [2.05, 4.69) is 9.97 Å². The van der Waals surface area contributed by atoms with Crippen molar-refractivity contribution in [3.8, 4) is 11.8 Å². The summed E-state index contributed by atoms with van der Waals surface area (Å²) >= 11 is 0. The number of carbonyl (C=O) groups is 1. The lowest BCUT2D eigenvalue weighted by molar-refractivity contribution is 0.0687. The average Bonchev–Trinajstić information content (AvgIpc) is 2.81. The Bertz CT molecular complexity index is 718. The molecule has 6 nitrogen and oxygen atoms in total. The summed E-state index contributed by atoms with van der Waals surface area (Å²) in [6.45, 7) is 0. The molecule has 0 bridgehead atoms. The van der Waals surface area contributed by atoms with Crippen LogP contribution in [0.15, 0.2) is 47.0 Å². The fourth-order valence-corrected chi connectivity index (χ4v) is 1.62. The molecule has 2 aromatic heterocycles. The lowest BCUT2D eigenvalue weighted by Gasteiger charge is -2.02. The van der Waals surface area contributed by atoms with Gasteiger partial charge in [0, 0.05) is 6.20 Å². The summed E-state index contributed by atoms with van der Waals surface area (Å²) < 4.78 is 10.7. The number of pyridine rings is 1. The third-order valence-corrected chi connectivity index (χ3v) is 2.44. The van der Waals surface area contributed by atoms with Crippen LogP contribution in [0, 0.1) is 0 Å². The van der Waals surface area contributed by atoms with E-state index in [1.165, 1.54) is 12.3 Å². The smallest absolute Gasteiger partial charge is 0.400 e. The normalized spacial score (nSPS) is 10.5. The third-order valence-electron chi connectivity index (χ3n) is 2.44. The predicted molar refractivity (Wildman–Crippen MR) is 65.3 cm³/mol. The summed E-state index contributed by atoms with van der Waals surface area (Å²) in [5.74, 6) is -1.09. The number of para-hydroxylation sites is 2. The molecule has 0 aliphatic heterocycles. The van der Waals surface area contributed by atoms with Crippen molar-refractivity contribution in [3.05, 3.63) is 48.3 Å². The van der Waals surface area contributed by atoms with E-state index in [9.17, 15) is 4.79 Å². The van der Waals surface area contributed by atoms with Crippen LogP contribution in [0.25, 0.3) is 11.1 Å². The van der Waals surface area contributed by atoms with Crippen LogP contribution in [0.3, 0.4) is 0 Å². The number of aromatic carboxylic acids is 1. The van der Waals surface area contributed by atoms with E-state index in [1.807, 2.05) is 12.1 Å². The molecule has 6 heteroatoms. The fourth-order valence-electron chi connectivity index (χ4n) is 1.62. The van der Waals surface area contributed by atoms with Gasteiger partial charge in [-0.25, -0.2) is 9.78 Å². The molecule has 94 valence electrons. The second-order valence-corrected chi connectivity index (χ2v) is 3.70. The predicted octanol–water partition coefficient (Wildman–Crippen LogP) is 2.71. The number of carboxylic acid groups (broad SMARTS) is 1. The number of oxazole rings is 1. The summed E-state index contributed by atoms with van der Waals surface area (Å²) in [5.41, 5.74) is 1.02. The molecule has 0 aliphatic carbocycles. The maximum absolute atomic E-state index is 11.0. The standard InChI is InChI=1S/C13H8N2O4/c16-12(17)11-10(6-3-7-14-11)19-13-15-8-4-1-2-5-9(8)18-13/h1-7H,(H,16,17). The fraction of sp³-hybridized carbons (Fsp3) is 0. The maximum Gasteiger partial charge on any atom is 0.400 e. The van der Waals surface area contributed by atoms with Crippen LogP contribution in [0.2, 0.25) is 0 Å². The van der Waals surface area contributed by atoms with Crippen molar-refractivity contribution in [3.63, 3.8) is 0 Å². The molecule has 0 amide bonds. The molecule has 0 radical (unpaired) electrons. The van der Waals surface area contributed by atoms with Crippen molar-refractivity contribution in [2.75, 3.05) is 0 Å². The van der Waals surface area contributed by atoms with Crippen LogP contribution in [-0.4, -0.2) is 21.0 Å². The number of nitrogens with zero attached hydrogens (tertiary/aromatic N) is 2. The van der Waals surface area contributed by atoms with Crippen LogP contribution in [0.1, 0.15) is 10.5 Å². The molecule has 0 saturated heterocycles. The lowest BCUT2D eigenvalue weighted by Crippen LogP contribution is -2.02. The highest BCUT2D eigenvalue weighted by Crippen LogP contribution is 2.26. The minimum absolute atomic E-state index is 0.0169. The SMILES string of the molecule is O=C(O)c1ncccc1Oc1nc2ccccc2o1. The van der Waals surface area contributed by atoms with Crippen LogP contribution in [0.4, 0.5) is 0 Å². The topological polar surface area (TPSA) is 85.5 Å². The minimum atomic E-state index is -1.17. The van der Waals surface area contributed by atoms with Crippen LogP contribution in [-0.2, 0) is 0 Å². The van der Waals surface area contributed by atoms with Gasteiger partial charge in [-0.05, 0) is 24.3 Å². The minimum Gasteiger partial charge on any atom is -0.476 e. The highest BCUT2D eigenvalue weighted by atomic mass is 16.6. The van der Waals surface area contributed by atoms with E-state index in [0.717, 1.165) is 0 Å². The first-order valence-electron chi connectivity index (χ1n) is 5.46. The number of hydrogen-bond acceptors (Lipinski definition) is 5. The molecule has 0 fully saturated rings. The summed E-state index contributed by atoms with van der Waals surface area (Å²) in [5, 5.41) is 8.99. The Morgan fingerprint density at radius 2 is 2.05 bits per heavy atom. The van der Waals surface area contributed by atoms with Crippen molar-refractivity contribution in [1.82, 2.24) is 9.97 Å². The van der Waals surface area contributed by atoms with Crippen molar-refractivity contribution in [2.24, 2.45) is 0 Å². The van der Waals surface area contributed by atoms with Gasteiger partial charge in [-0.2, -0.15) is 4.98 Å².